The first-order valence-electron chi connectivity index (χ1n) is 3.58. The minimum absolute atomic E-state index is 0.951. The van der Waals surface area contributed by atoms with Gasteiger partial charge in [0.15, 0.2) is 0 Å². The highest BCUT2D eigenvalue weighted by atomic mass is 32.2. The summed E-state index contributed by atoms with van der Waals surface area (Å²) in [6.07, 6.45) is 3.56. The van der Waals surface area contributed by atoms with E-state index < -0.39 is 9.87 Å². The Balaban J connectivity index is 4.61. The number of hydrogen-bond donors (Lipinski definition) is 0. The van der Waals surface area contributed by atoms with Gasteiger partial charge < -0.3 is 4.74 Å². The van der Waals surface area contributed by atoms with Gasteiger partial charge in [-0.3, -0.25) is 0 Å². The molecule has 0 spiro atoms. The Morgan fingerprint density at radius 2 is 1.31 bits per heavy atom. The zero-order chi connectivity index (χ0) is 10.5. The van der Waals surface area contributed by atoms with Crippen molar-refractivity contribution in [2.24, 2.45) is 0 Å². The van der Waals surface area contributed by atoms with E-state index in [1.54, 1.807) is 26.4 Å². The molecule has 0 fully saturated rings. The lowest BCUT2D eigenvalue weighted by atomic mass is 10.4. The average molecular weight is 216 g/mol. The molecule has 0 aliphatic heterocycles. The van der Waals surface area contributed by atoms with Gasteiger partial charge in [0.25, 0.3) is 0 Å². The maximum absolute atomic E-state index is 8.83. The fourth-order valence-corrected chi connectivity index (χ4v) is 1.33. The summed E-state index contributed by atoms with van der Waals surface area (Å²) in [5.41, 5.74) is 0. The second-order valence-electron chi connectivity index (χ2n) is 2.63. The van der Waals surface area contributed by atoms with Crippen LogP contribution in [0.2, 0.25) is 0 Å². The van der Waals surface area contributed by atoms with E-state index in [0.29, 0.717) is 0 Å². The van der Waals surface area contributed by atoms with Crippen molar-refractivity contribution in [3.05, 3.63) is 0 Å². The predicted octanol–water partition coefficient (Wildman–Crippen LogP) is 2.21. The van der Waals surface area contributed by atoms with E-state index in [9.17, 15) is 0 Å². The molecule has 0 amide bonds. The predicted molar refractivity (Wildman–Crippen MR) is 56.2 cm³/mol. The van der Waals surface area contributed by atoms with Crippen LogP contribution in [0.5, 0.6) is 0 Å². The number of ether oxygens (including phenoxy) is 1. The van der Waals surface area contributed by atoms with Gasteiger partial charge in [-0.05, 0) is 26.4 Å². The molecule has 0 N–H and O–H groups in total. The first kappa shape index (κ1) is 12.6. The SMILES string of the molecule is CSC(C)(C#N)OC(C)(C#N)SC. The van der Waals surface area contributed by atoms with Crippen molar-refractivity contribution in [1.82, 2.24) is 0 Å². The molecule has 72 valence electrons. The second kappa shape index (κ2) is 4.76. The van der Waals surface area contributed by atoms with Gasteiger partial charge in [-0.25, -0.2) is 0 Å². The summed E-state index contributed by atoms with van der Waals surface area (Å²) >= 11 is 2.56. The third-order valence-electron chi connectivity index (χ3n) is 1.57. The highest BCUT2D eigenvalue weighted by Gasteiger charge is 2.35. The van der Waals surface area contributed by atoms with E-state index in [4.69, 9.17) is 15.3 Å². The van der Waals surface area contributed by atoms with Crippen molar-refractivity contribution >= 4 is 23.5 Å². The quantitative estimate of drug-likeness (QED) is 0.674. The lowest BCUT2D eigenvalue weighted by molar-refractivity contribution is 0.0274. The first-order valence-corrected chi connectivity index (χ1v) is 6.03. The molecule has 0 heterocycles. The molecule has 0 rings (SSSR count). The Labute approximate surface area is 87.4 Å². The molecule has 0 aromatic rings. The third kappa shape index (κ3) is 3.48. The minimum atomic E-state index is -0.951. The van der Waals surface area contributed by atoms with Crippen molar-refractivity contribution in [1.29, 1.82) is 10.5 Å². The van der Waals surface area contributed by atoms with Crippen molar-refractivity contribution in [2.45, 2.75) is 23.7 Å². The summed E-state index contributed by atoms with van der Waals surface area (Å²) in [5, 5.41) is 17.7. The number of thioether (sulfide) groups is 2. The van der Waals surface area contributed by atoms with E-state index in [1.165, 1.54) is 23.5 Å². The molecular weight excluding hydrogens is 204 g/mol. The highest BCUT2D eigenvalue weighted by molar-refractivity contribution is 8.00. The zero-order valence-electron chi connectivity index (χ0n) is 8.12. The molecule has 0 saturated carbocycles. The van der Waals surface area contributed by atoms with Gasteiger partial charge in [-0.15, -0.1) is 23.5 Å². The summed E-state index contributed by atoms with van der Waals surface area (Å²) in [6.45, 7) is 3.31. The van der Waals surface area contributed by atoms with E-state index in [2.05, 4.69) is 0 Å². The van der Waals surface area contributed by atoms with Crippen LogP contribution < -0.4 is 0 Å². The normalized spacial score (nSPS) is 19.2. The molecule has 0 aliphatic rings. The van der Waals surface area contributed by atoms with Gasteiger partial charge in [0.2, 0.25) is 9.87 Å². The minimum Gasteiger partial charge on any atom is -0.321 e. The molecule has 2 atom stereocenters. The molecule has 0 radical (unpaired) electrons. The van der Waals surface area contributed by atoms with Gasteiger partial charge in [-0.2, -0.15) is 10.5 Å². The zero-order valence-corrected chi connectivity index (χ0v) is 9.75. The van der Waals surface area contributed by atoms with Crippen molar-refractivity contribution in [2.75, 3.05) is 12.5 Å². The second-order valence-corrected chi connectivity index (χ2v) is 5.00. The molecular formula is C8H12N2OS2. The third-order valence-corrected chi connectivity index (χ3v) is 3.48. The summed E-state index contributed by atoms with van der Waals surface area (Å²) in [4.78, 5) is -1.90. The van der Waals surface area contributed by atoms with Crippen LogP contribution in [0.4, 0.5) is 0 Å². The van der Waals surface area contributed by atoms with Crippen LogP contribution in [-0.2, 0) is 4.74 Å². The maximum Gasteiger partial charge on any atom is 0.200 e. The molecule has 0 bridgehead atoms. The average Bonchev–Trinajstić information content (AvgIpc) is 2.17. The number of rotatable bonds is 4. The van der Waals surface area contributed by atoms with Crippen LogP contribution in [0, 0.1) is 22.7 Å². The monoisotopic (exact) mass is 216 g/mol. The lowest BCUT2D eigenvalue weighted by Gasteiger charge is -2.28. The summed E-state index contributed by atoms with van der Waals surface area (Å²) in [7, 11) is 0. The van der Waals surface area contributed by atoms with Crippen LogP contribution in [0.1, 0.15) is 13.8 Å². The highest BCUT2D eigenvalue weighted by Crippen LogP contribution is 2.33. The van der Waals surface area contributed by atoms with Gasteiger partial charge in [0.05, 0.1) is 0 Å². The largest absolute Gasteiger partial charge is 0.321 e. The number of hydrogen-bond acceptors (Lipinski definition) is 5. The van der Waals surface area contributed by atoms with Crippen LogP contribution >= 0.6 is 23.5 Å². The van der Waals surface area contributed by atoms with Gasteiger partial charge in [-0.1, -0.05) is 0 Å². The van der Waals surface area contributed by atoms with E-state index in [1.807, 2.05) is 12.1 Å². The Morgan fingerprint density at radius 3 is 1.46 bits per heavy atom. The summed E-state index contributed by atoms with van der Waals surface area (Å²) < 4.78 is 5.43. The molecule has 3 nitrogen and oxygen atoms in total. The molecule has 2 unspecified atom stereocenters. The van der Waals surface area contributed by atoms with Crippen molar-refractivity contribution in [3.8, 4) is 12.1 Å². The van der Waals surface area contributed by atoms with Crippen LogP contribution in [0.25, 0.3) is 0 Å². The van der Waals surface area contributed by atoms with E-state index in [0.717, 1.165) is 0 Å². The Bertz CT molecular complexity index is 232. The van der Waals surface area contributed by atoms with E-state index in [-0.39, 0.29) is 0 Å². The topological polar surface area (TPSA) is 56.8 Å². The first-order chi connectivity index (χ1) is 5.95. The lowest BCUT2D eigenvalue weighted by Crippen LogP contribution is -2.34. The van der Waals surface area contributed by atoms with Gasteiger partial charge >= 0.3 is 0 Å². The van der Waals surface area contributed by atoms with Crippen molar-refractivity contribution < 1.29 is 4.74 Å². The number of nitriles is 2. The molecule has 5 heteroatoms. The molecule has 0 aromatic carbocycles. The fraction of sp³-hybridized carbons (Fsp3) is 0.750. The van der Waals surface area contributed by atoms with Crippen LogP contribution in [0.15, 0.2) is 0 Å². The van der Waals surface area contributed by atoms with Gasteiger partial charge in [0, 0.05) is 0 Å². The Hall–Kier alpha value is -0.360. The molecule has 0 saturated heterocycles. The Kier molecular flexibility index (Phi) is 4.63. The van der Waals surface area contributed by atoms with E-state index >= 15 is 0 Å². The molecule has 0 aliphatic carbocycles. The van der Waals surface area contributed by atoms with Crippen molar-refractivity contribution in [3.63, 3.8) is 0 Å². The smallest absolute Gasteiger partial charge is 0.200 e. The standard InChI is InChI=1S/C8H12N2OS2/c1-7(5-9,12-3)11-8(2,6-10)13-4/h1-4H3. The maximum atomic E-state index is 8.83. The van der Waals surface area contributed by atoms with Crippen LogP contribution in [0.3, 0.4) is 0 Å². The Morgan fingerprint density at radius 1 is 1.00 bits per heavy atom. The van der Waals surface area contributed by atoms with Crippen LogP contribution in [-0.4, -0.2) is 22.4 Å². The summed E-state index contributed by atoms with van der Waals surface area (Å²) in [5.74, 6) is 0. The number of nitrogens with zero attached hydrogens (tertiary/aromatic N) is 2. The van der Waals surface area contributed by atoms with Gasteiger partial charge in [0.1, 0.15) is 12.1 Å². The molecule has 0 aromatic heterocycles. The summed E-state index contributed by atoms with van der Waals surface area (Å²) in [6, 6.07) is 4.06. The molecule has 13 heavy (non-hydrogen) atoms. The fourth-order valence-electron chi connectivity index (χ4n) is 0.592.